The van der Waals surface area contributed by atoms with Crippen molar-refractivity contribution in [2.75, 3.05) is 5.32 Å². The first-order valence-corrected chi connectivity index (χ1v) is 5.20. The van der Waals surface area contributed by atoms with Crippen molar-refractivity contribution in [3.63, 3.8) is 0 Å². The Hall–Kier alpha value is -1.29. The first-order valence-electron chi connectivity index (χ1n) is 4.82. The van der Waals surface area contributed by atoms with E-state index in [0.717, 1.165) is 12.8 Å². The fraction of sp³-hybridized carbons (Fsp3) is 0.400. The summed E-state index contributed by atoms with van der Waals surface area (Å²) in [6.07, 6.45) is 4.79. The van der Waals surface area contributed by atoms with Gasteiger partial charge in [-0.1, -0.05) is 11.6 Å². The van der Waals surface area contributed by atoms with Gasteiger partial charge in [0.15, 0.2) is 0 Å². The Kier molecular flexibility index (Phi) is 2.77. The zero-order valence-electron chi connectivity index (χ0n) is 8.03. The van der Waals surface area contributed by atoms with Gasteiger partial charge in [-0.25, -0.2) is 9.78 Å². The third kappa shape index (κ3) is 2.21. The highest BCUT2D eigenvalue weighted by Gasteiger charge is 2.20. The van der Waals surface area contributed by atoms with Crippen LogP contribution in [0.1, 0.15) is 29.6 Å². The van der Waals surface area contributed by atoms with Gasteiger partial charge in [-0.2, -0.15) is 0 Å². The molecule has 1 heterocycles. The first kappa shape index (κ1) is 10.2. The molecule has 80 valence electrons. The molecular weight excluding hydrogens is 216 g/mol. The predicted molar refractivity (Wildman–Crippen MR) is 57.5 cm³/mol. The number of carboxylic acids is 1. The van der Waals surface area contributed by atoms with Crippen molar-refractivity contribution >= 4 is 23.4 Å². The van der Waals surface area contributed by atoms with Crippen molar-refractivity contribution < 1.29 is 9.90 Å². The van der Waals surface area contributed by atoms with E-state index in [1.165, 1.54) is 18.7 Å². The molecule has 0 bridgehead atoms. The largest absolute Gasteiger partial charge is 0.478 e. The highest BCUT2D eigenvalue weighted by atomic mass is 35.5. The Morgan fingerprint density at radius 3 is 2.87 bits per heavy atom. The summed E-state index contributed by atoms with van der Waals surface area (Å²) in [5.74, 6) is -0.594. The average Bonchev–Trinajstić information content (AvgIpc) is 2.12. The summed E-state index contributed by atoms with van der Waals surface area (Å²) in [5.41, 5.74) is 0.134. The van der Waals surface area contributed by atoms with Gasteiger partial charge >= 0.3 is 5.97 Å². The van der Waals surface area contributed by atoms with Gasteiger partial charge in [0.2, 0.25) is 0 Å². The van der Waals surface area contributed by atoms with E-state index in [9.17, 15) is 4.79 Å². The fourth-order valence-electron chi connectivity index (χ4n) is 1.46. The summed E-state index contributed by atoms with van der Waals surface area (Å²) < 4.78 is 0. The fourth-order valence-corrected chi connectivity index (χ4v) is 1.62. The number of anilines is 1. The first-order chi connectivity index (χ1) is 7.16. The third-order valence-corrected chi connectivity index (χ3v) is 2.74. The quantitative estimate of drug-likeness (QED) is 0.831. The number of hydrogen-bond acceptors (Lipinski definition) is 3. The second kappa shape index (κ2) is 4.06. The monoisotopic (exact) mass is 226 g/mol. The van der Waals surface area contributed by atoms with E-state index in [-0.39, 0.29) is 5.56 Å². The normalized spacial score (nSPS) is 15.8. The van der Waals surface area contributed by atoms with Gasteiger partial charge in [-0.3, -0.25) is 0 Å². The lowest BCUT2D eigenvalue weighted by molar-refractivity contribution is 0.0697. The van der Waals surface area contributed by atoms with E-state index in [1.807, 2.05) is 0 Å². The van der Waals surface area contributed by atoms with Gasteiger partial charge in [-0.15, -0.1) is 0 Å². The molecule has 1 aliphatic carbocycles. The van der Waals surface area contributed by atoms with Crippen LogP contribution in [0.25, 0.3) is 0 Å². The molecule has 1 saturated carbocycles. The number of carboxylic acid groups (broad SMARTS) is 1. The van der Waals surface area contributed by atoms with Crippen LogP contribution in [0.4, 0.5) is 5.82 Å². The number of carbonyl (C=O) groups is 1. The van der Waals surface area contributed by atoms with E-state index in [2.05, 4.69) is 10.3 Å². The molecule has 0 aliphatic heterocycles. The maximum Gasteiger partial charge on any atom is 0.339 e. The van der Waals surface area contributed by atoms with Crippen molar-refractivity contribution in [2.24, 2.45) is 0 Å². The van der Waals surface area contributed by atoms with Gasteiger partial charge in [0, 0.05) is 12.2 Å². The SMILES string of the molecule is O=C(O)c1cc(Cl)cnc1NC1CCC1. The van der Waals surface area contributed by atoms with Gasteiger partial charge in [0.25, 0.3) is 0 Å². The highest BCUT2D eigenvalue weighted by molar-refractivity contribution is 6.30. The number of aromatic carboxylic acids is 1. The van der Waals surface area contributed by atoms with E-state index in [0.29, 0.717) is 16.9 Å². The van der Waals surface area contributed by atoms with Crippen LogP contribution < -0.4 is 5.32 Å². The van der Waals surface area contributed by atoms with Crippen molar-refractivity contribution in [1.29, 1.82) is 0 Å². The highest BCUT2D eigenvalue weighted by Crippen LogP contribution is 2.25. The summed E-state index contributed by atoms with van der Waals surface area (Å²) in [6, 6.07) is 1.77. The Labute approximate surface area is 92.3 Å². The molecule has 2 N–H and O–H groups in total. The molecule has 1 fully saturated rings. The Morgan fingerprint density at radius 2 is 2.33 bits per heavy atom. The summed E-state index contributed by atoms with van der Waals surface area (Å²) in [6.45, 7) is 0. The Morgan fingerprint density at radius 1 is 1.60 bits per heavy atom. The van der Waals surface area contributed by atoms with Crippen molar-refractivity contribution in [2.45, 2.75) is 25.3 Å². The lowest BCUT2D eigenvalue weighted by Crippen LogP contribution is -2.28. The van der Waals surface area contributed by atoms with Crippen molar-refractivity contribution in [3.8, 4) is 0 Å². The van der Waals surface area contributed by atoms with Crippen molar-refractivity contribution in [1.82, 2.24) is 4.98 Å². The molecule has 4 nitrogen and oxygen atoms in total. The van der Waals surface area contributed by atoms with Crippen molar-refractivity contribution in [3.05, 3.63) is 22.8 Å². The number of halogens is 1. The smallest absolute Gasteiger partial charge is 0.339 e. The number of pyridine rings is 1. The molecular formula is C10H11ClN2O2. The number of rotatable bonds is 3. The Balaban J connectivity index is 2.23. The van der Waals surface area contributed by atoms with Crippen LogP contribution in [0, 0.1) is 0 Å². The number of nitrogens with zero attached hydrogens (tertiary/aromatic N) is 1. The molecule has 0 saturated heterocycles. The van der Waals surface area contributed by atoms with E-state index < -0.39 is 5.97 Å². The van der Waals surface area contributed by atoms with Gasteiger partial charge in [0.05, 0.1) is 5.02 Å². The number of aromatic nitrogens is 1. The van der Waals surface area contributed by atoms with Crippen LogP contribution in [0.5, 0.6) is 0 Å². The molecule has 5 heteroatoms. The zero-order valence-corrected chi connectivity index (χ0v) is 8.79. The van der Waals surface area contributed by atoms with Crippen LogP contribution in [0.3, 0.4) is 0 Å². The molecule has 0 unspecified atom stereocenters. The molecule has 2 rings (SSSR count). The topological polar surface area (TPSA) is 62.2 Å². The Bertz CT molecular complexity index is 391. The van der Waals surface area contributed by atoms with Crippen LogP contribution >= 0.6 is 11.6 Å². The minimum absolute atomic E-state index is 0.134. The number of hydrogen-bond donors (Lipinski definition) is 2. The molecule has 0 aromatic carbocycles. The molecule has 1 aromatic rings. The molecule has 0 spiro atoms. The maximum atomic E-state index is 10.9. The standard InChI is InChI=1S/C10H11ClN2O2/c11-6-4-8(10(14)15)9(12-5-6)13-7-2-1-3-7/h4-5,7H,1-3H2,(H,12,13)(H,14,15). The molecule has 15 heavy (non-hydrogen) atoms. The summed E-state index contributed by atoms with van der Waals surface area (Å²) in [4.78, 5) is 14.9. The van der Waals surface area contributed by atoms with E-state index in [1.54, 1.807) is 0 Å². The lowest BCUT2D eigenvalue weighted by Gasteiger charge is -2.27. The van der Waals surface area contributed by atoms with Crippen LogP contribution in [0.15, 0.2) is 12.3 Å². The molecule has 1 aromatic heterocycles. The second-order valence-electron chi connectivity index (χ2n) is 3.63. The second-order valence-corrected chi connectivity index (χ2v) is 4.06. The zero-order chi connectivity index (χ0) is 10.8. The summed E-state index contributed by atoms with van der Waals surface area (Å²) in [5, 5.41) is 12.4. The minimum atomic E-state index is -1.01. The molecule has 0 radical (unpaired) electrons. The van der Waals surface area contributed by atoms with Crippen LogP contribution in [0.2, 0.25) is 5.02 Å². The minimum Gasteiger partial charge on any atom is -0.478 e. The van der Waals surface area contributed by atoms with E-state index >= 15 is 0 Å². The van der Waals surface area contributed by atoms with Gasteiger partial charge in [0.1, 0.15) is 11.4 Å². The maximum absolute atomic E-state index is 10.9. The summed E-state index contributed by atoms with van der Waals surface area (Å²) >= 11 is 5.69. The molecule has 0 atom stereocenters. The predicted octanol–water partition coefficient (Wildman–Crippen LogP) is 2.40. The summed E-state index contributed by atoms with van der Waals surface area (Å²) in [7, 11) is 0. The van der Waals surface area contributed by atoms with E-state index in [4.69, 9.17) is 16.7 Å². The van der Waals surface area contributed by atoms with Gasteiger partial charge in [-0.05, 0) is 25.3 Å². The number of nitrogens with one attached hydrogen (secondary N) is 1. The lowest BCUT2D eigenvalue weighted by atomic mass is 9.93. The molecule has 0 amide bonds. The van der Waals surface area contributed by atoms with Crippen LogP contribution in [-0.4, -0.2) is 22.1 Å². The average molecular weight is 227 g/mol. The molecule has 1 aliphatic rings. The van der Waals surface area contributed by atoms with Crippen LogP contribution in [-0.2, 0) is 0 Å². The third-order valence-electron chi connectivity index (χ3n) is 2.53. The van der Waals surface area contributed by atoms with Gasteiger partial charge < -0.3 is 10.4 Å².